The third kappa shape index (κ3) is 13.8. The lowest BCUT2D eigenvalue weighted by atomic mass is 9.86. The molecular weight excluding hydrogens is 920 g/mol. The number of hydrogen-bond acceptors (Lipinski definition) is 14. The van der Waals surface area contributed by atoms with Gasteiger partial charge in [-0.2, -0.15) is 10.2 Å². The molecule has 2 atom stereocenters. The molecule has 4 aliphatic rings. The Hall–Kier alpha value is -6.63. The highest BCUT2D eigenvalue weighted by atomic mass is 35.5. The minimum Gasteiger partial charge on any atom is -0.444 e. The van der Waals surface area contributed by atoms with Crippen molar-refractivity contribution < 1.29 is 19.1 Å². The van der Waals surface area contributed by atoms with Crippen LogP contribution in [-0.2, 0) is 48.5 Å². The van der Waals surface area contributed by atoms with Gasteiger partial charge in [0, 0.05) is 61.6 Å². The lowest BCUT2D eigenvalue weighted by molar-refractivity contribution is 0.0487. The number of halogens is 1. The quantitative estimate of drug-likeness (QED) is 0.115. The van der Waals surface area contributed by atoms with Gasteiger partial charge in [-0.1, -0.05) is 35.9 Å². The van der Waals surface area contributed by atoms with Crippen LogP contribution in [0.2, 0.25) is 5.15 Å². The maximum Gasteiger partial charge on any atom is 0.408 e. The first-order valence-electron chi connectivity index (χ1n) is 24.4. The first-order valence-corrected chi connectivity index (χ1v) is 24.8. The van der Waals surface area contributed by atoms with Crippen molar-refractivity contribution in [1.82, 2.24) is 59.9 Å². The van der Waals surface area contributed by atoms with Gasteiger partial charge in [0.15, 0.2) is 5.82 Å². The average Bonchev–Trinajstić information content (AvgIpc) is 3.88. The second kappa shape index (κ2) is 21.8. The summed E-state index contributed by atoms with van der Waals surface area (Å²) in [7, 11) is 4.22. The lowest BCUT2D eigenvalue weighted by Gasteiger charge is -2.28. The Labute approximate surface area is 421 Å². The van der Waals surface area contributed by atoms with E-state index in [2.05, 4.69) is 111 Å². The topological polar surface area (TPSA) is 208 Å². The summed E-state index contributed by atoms with van der Waals surface area (Å²) >= 11 is 5.96. The standard InChI is InChI=1S/C26H33N7O2.C19H22ClN3O2.C7H12N4/c1-26(2,3)35-25(34)29-21-7-5-6-17-12-18(8-9-20(17)21)22-14-23(28-16-27-22)30-24-13-19-15-32(4)10-11-33(19)31-24;1-19(2,3)25-18(24)23-15-6-4-5-12-9-13(7-8-14(12)15)16-10-17(20)22-11-21-16;1-10-2-3-11-6(5-10)4-7(8)9-11/h8-9,12-14,16,21H,5-7,10-11,15H2,1-4H3,(H,29,34)(H,27,28,30,31);7-11,15H,4-6H2,1-3H3,(H,23,24);4H,2-3,5H2,1H3,(H2,8,9). The highest BCUT2D eigenvalue weighted by molar-refractivity contribution is 6.29. The first-order chi connectivity index (χ1) is 33.8. The second-order valence-corrected chi connectivity index (χ2v) is 21.0. The number of nitrogens with two attached hydrogens (primary N) is 1. The van der Waals surface area contributed by atoms with E-state index in [9.17, 15) is 9.59 Å². The van der Waals surface area contributed by atoms with Gasteiger partial charge in [-0.05, 0) is 129 Å². The van der Waals surface area contributed by atoms with E-state index >= 15 is 0 Å². The smallest absolute Gasteiger partial charge is 0.408 e. The number of amides is 2. The molecule has 0 saturated carbocycles. The van der Waals surface area contributed by atoms with E-state index in [0.29, 0.717) is 16.8 Å². The number of ether oxygens (including phenoxy) is 2. The van der Waals surface area contributed by atoms with Gasteiger partial charge in [-0.25, -0.2) is 29.5 Å². The first kappa shape index (κ1) is 50.7. The van der Waals surface area contributed by atoms with Crippen LogP contribution in [0.3, 0.4) is 0 Å². The van der Waals surface area contributed by atoms with Crippen LogP contribution in [0, 0.1) is 0 Å². The van der Waals surface area contributed by atoms with Gasteiger partial charge in [0.05, 0.1) is 47.9 Å². The van der Waals surface area contributed by atoms with E-state index in [1.807, 2.05) is 64.4 Å². The molecule has 2 unspecified atom stereocenters. The van der Waals surface area contributed by atoms with Gasteiger partial charge < -0.3 is 31.2 Å². The molecule has 0 saturated heterocycles. The normalized spacial score (nSPS) is 17.6. The molecule has 19 heteroatoms. The Morgan fingerprint density at radius 3 is 1.68 bits per heavy atom. The van der Waals surface area contributed by atoms with Crippen molar-refractivity contribution in [2.45, 2.75) is 130 Å². The Balaban J connectivity index is 0.000000162. The van der Waals surface area contributed by atoms with Gasteiger partial charge >= 0.3 is 12.2 Å². The van der Waals surface area contributed by atoms with Crippen molar-refractivity contribution in [3.05, 3.63) is 112 Å². The Morgan fingerprint density at radius 1 is 0.634 bits per heavy atom. The molecule has 18 nitrogen and oxygen atoms in total. The van der Waals surface area contributed by atoms with E-state index in [4.69, 9.17) is 26.8 Å². The Morgan fingerprint density at radius 2 is 1.14 bits per heavy atom. The third-order valence-electron chi connectivity index (χ3n) is 12.4. The molecule has 6 aromatic rings. The number of carbonyl (C=O) groups excluding carboxylic acids is 2. The second-order valence-electron chi connectivity index (χ2n) is 20.7. The molecule has 0 bridgehead atoms. The summed E-state index contributed by atoms with van der Waals surface area (Å²) in [6, 6.07) is 20.2. The monoisotopic (exact) mass is 987 g/mol. The minimum absolute atomic E-state index is 0.0263. The van der Waals surface area contributed by atoms with E-state index in [1.54, 1.807) is 12.4 Å². The third-order valence-corrected chi connectivity index (χ3v) is 12.6. The van der Waals surface area contributed by atoms with Crippen molar-refractivity contribution in [3.63, 3.8) is 0 Å². The average molecular weight is 988 g/mol. The number of fused-ring (bicyclic) bond motifs is 4. The maximum atomic E-state index is 12.3. The number of nitrogen functional groups attached to an aromatic ring is 1. The van der Waals surface area contributed by atoms with Gasteiger partial charge in [-0.15, -0.1) is 0 Å². The summed E-state index contributed by atoms with van der Waals surface area (Å²) in [5.41, 5.74) is 15.4. The van der Waals surface area contributed by atoms with E-state index < -0.39 is 11.2 Å². The number of likely N-dealkylation sites (N-methyl/N-ethyl adjacent to an activating group) is 2. The molecule has 2 aliphatic carbocycles. The predicted molar refractivity (Wildman–Crippen MR) is 275 cm³/mol. The maximum absolute atomic E-state index is 12.3. The molecule has 0 fully saturated rings. The van der Waals surface area contributed by atoms with Crippen molar-refractivity contribution in [2.75, 3.05) is 38.2 Å². The fourth-order valence-electron chi connectivity index (χ4n) is 9.23. The fourth-order valence-corrected chi connectivity index (χ4v) is 9.38. The van der Waals surface area contributed by atoms with Crippen molar-refractivity contribution >= 4 is 41.2 Å². The molecule has 376 valence electrons. The Bertz CT molecular complexity index is 2830. The molecule has 10 rings (SSSR count). The molecule has 71 heavy (non-hydrogen) atoms. The number of aryl methyl sites for hydroxylation is 2. The zero-order chi connectivity index (χ0) is 50.5. The number of anilines is 3. The van der Waals surface area contributed by atoms with Gasteiger partial charge in [-0.3, -0.25) is 19.2 Å². The van der Waals surface area contributed by atoms with E-state index in [1.165, 1.54) is 28.8 Å². The molecule has 0 radical (unpaired) electrons. The number of benzene rings is 2. The minimum atomic E-state index is -0.517. The molecule has 2 aromatic carbocycles. The van der Waals surface area contributed by atoms with Crippen LogP contribution in [0.4, 0.5) is 27.0 Å². The summed E-state index contributed by atoms with van der Waals surface area (Å²) < 4.78 is 14.9. The van der Waals surface area contributed by atoms with Crippen LogP contribution in [0.25, 0.3) is 22.5 Å². The molecule has 2 amide bonds. The highest BCUT2D eigenvalue weighted by Gasteiger charge is 2.27. The van der Waals surface area contributed by atoms with E-state index in [0.717, 1.165) is 117 Å². The summed E-state index contributed by atoms with van der Waals surface area (Å²) in [5, 5.41) is 18.6. The number of alkyl carbamates (subject to hydrolysis) is 2. The SMILES string of the molecule is CC(C)(C)OC(=O)NC1CCCc2cc(-c3cc(Cl)ncn3)ccc21.CN1CCn2nc(N)cc2C1.CN1CCn2nc(Nc3cc(-c4ccc5c(c4)CCCC5NC(=O)OC(C)(C)C)ncn3)cc2C1. The fraction of sp³-hybridized carbons (Fsp3) is 0.462. The number of nitrogens with zero attached hydrogens (tertiary/aromatic N) is 10. The number of aromatic nitrogens is 8. The van der Waals surface area contributed by atoms with Crippen LogP contribution < -0.4 is 21.7 Å². The molecular formula is C52H67ClN14O4. The van der Waals surface area contributed by atoms with E-state index in [-0.39, 0.29) is 24.3 Å². The largest absolute Gasteiger partial charge is 0.444 e. The predicted octanol–water partition coefficient (Wildman–Crippen LogP) is 9.04. The number of hydrogen-bond donors (Lipinski definition) is 4. The summed E-state index contributed by atoms with van der Waals surface area (Å²) in [6.45, 7) is 17.0. The van der Waals surface area contributed by atoms with Crippen LogP contribution in [0.1, 0.15) is 113 Å². The van der Waals surface area contributed by atoms with Crippen LogP contribution in [-0.4, -0.2) is 99.9 Å². The van der Waals surface area contributed by atoms with Crippen molar-refractivity contribution in [2.24, 2.45) is 0 Å². The summed E-state index contributed by atoms with van der Waals surface area (Å²) in [5.74, 6) is 2.14. The zero-order valence-electron chi connectivity index (χ0n) is 42.1. The summed E-state index contributed by atoms with van der Waals surface area (Å²) in [4.78, 5) is 46.1. The molecule has 2 aliphatic heterocycles. The van der Waals surface area contributed by atoms with Crippen molar-refractivity contribution in [3.8, 4) is 22.5 Å². The lowest BCUT2D eigenvalue weighted by Crippen LogP contribution is -2.36. The van der Waals surface area contributed by atoms with Gasteiger partial charge in [0.25, 0.3) is 0 Å². The van der Waals surface area contributed by atoms with Gasteiger partial charge in [0.1, 0.15) is 40.6 Å². The van der Waals surface area contributed by atoms with Crippen LogP contribution in [0.5, 0.6) is 0 Å². The summed E-state index contributed by atoms with van der Waals surface area (Å²) in [6.07, 6.45) is 8.07. The van der Waals surface area contributed by atoms with Gasteiger partial charge in [0.2, 0.25) is 0 Å². The molecule has 6 heterocycles. The Kier molecular flexibility index (Phi) is 15.6. The molecule has 4 aromatic heterocycles. The number of nitrogens with one attached hydrogen (secondary N) is 3. The van der Waals surface area contributed by atoms with Crippen molar-refractivity contribution in [1.29, 1.82) is 0 Å². The zero-order valence-corrected chi connectivity index (χ0v) is 42.9. The van der Waals surface area contributed by atoms with Crippen LogP contribution in [0.15, 0.2) is 73.3 Å². The number of rotatable bonds is 6. The number of carbonyl (C=O) groups is 2. The highest BCUT2D eigenvalue weighted by Crippen LogP contribution is 2.35. The van der Waals surface area contributed by atoms with Crippen LogP contribution >= 0.6 is 11.6 Å². The molecule has 5 N–H and O–H groups in total. The molecule has 0 spiro atoms.